The molecule has 1 aliphatic rings. The first-order valence-corrected chi connectivity index (χ1v) is 8.34. The predicted molar refractivity (Wildman–Crippen MR) is 95.7 cm³/mol. The average molecular weight is 339 g/mol. The van der Waals surface area contributed by atoms with Crippen LogP contribution in [0.15, 0.2) is 42.6 Å². The molecule has 0 spiro atoms. The molecule has 1 saturated heterocycles. The molecule has 1 fully saturated rings. The number of carbonyl (C=O) groups excluding carboxylic acids is 2. The number of benzene rings is 1. The van der Waals surface area contributed by atoms with Crippen LogP contribution in [0.4, 0.5) is 11.5 Å². The van der Waals surface area contributed by atoms with Gasteiger partial charge in [0, 0.05) is 19.2 Å². The molecule has 0 saturated carbocycles. The van der Waals surface area contributed by atoms with E-state index in [2.05, 4.69) is 10.3 Å². The molecule has 6 nitrogen and oxygen atoms in total. The van der Waals surface area contributed by atoms with Crippen LogP contribution >= 0.6 is 0 Å². The number of rotatable bonds is 5. The molecule has 2 aromatic rings. The van der Waals surface area contributed by atoms with E-state index in [4.69, 9.17) is 4.74 Å². The van der Waals surface area contributed by atoms with Gasteiger partial charge in [-0.15, -0.1) is 0 Å². The maximum Gasteiger partial charge on any atom is 0.230 e. The summed E-state index contributed by atoms with van der Waals surface area (Å²) in [5, 5.41) is 2.78. The smallest absolute Gasteiger partial charge is 0.230 e. The van der Waals surface area contributed by atoms with E-state index in [0.717, 1.165) is 5.56 Å². The molecular formula is C19H21N3O3. The van der Waals surface area contributed by atoms with Crippen molar-refractivity contribution in [2.24, 2.45) is 5.92 Å². The number of nitrogens with one attached hydrogen (secondary N) is 1. The SMILES string of the molecule is CCOc1ccccc1N1C[C@H](C(=O)Nc2ccc(C)cn2)CC1=O. The minimum Gasteiger partial charge on any atom is -0.492 e. The van der Waals surface area contributed by atoms with Gasteiger partial charge < -0.3 is 15.0 Å². The molecule has 0 bridgehead atoms. The van der Waals surface area contributed by atoms with Gasteiger partial charge in [0.1, 0.15) is 11.6 Å². The number of hydrogen-bond donors (Lipinski definition) is 1. The van der Waals surface area contributed by atoms with Crippen LogP contribution in [0.5, 0.6) is 5.75 Å². The Morgan fingerprint density at radius 2 is 2.12 bits per heavy atom. The Kier molecular flexibility index (Phi) is 4.97. The predicted octanol–water partition coefficient (Wildman–Crippen LogP) is 2.78. The first-order chi connectivity index (χ1) is 12.1. The third-order valence-corrected chi connectivity index (χ3v) is 4.11. The van der Waals surface area contributed by atoms with E-state index in [-0.39, 0.29) is 18.2 Å². The van der Waals surface area contributed by atoms with Crippen LogP contribution in [-0.2, 0) is 9.59 Å². The van der Waals surface area contributed by atoms with Gasteiger partial charge >= 0.3 is 0 Å². The molecule has 1 aliphatic heterocycles. The fourth-order valence-corrected chi connectivity index (χ4v) is 2.84. The van der Waals surface area contributed by atoms with Gasteiger partial charge in [-0.05, 0) is 37.6 Å². The number of hydrogen-bond acceptors (Lipinski definition) is 4. The summed E-state index contributed by atoms with van der Waals surface area (Å²) in [5.41, 5.74) is 1.73. The molecule has 0 aliphatic carbocycles. The number of carbonyl (C=O) groups is 2. The summed E-state index contributed by atoms with van der Waals surface area (Å²) in [5.74, 6) is 0.464. The summed E-state index contributed by atoms with van der Waals surface area (Å²) in [6.07, 6.45) is 1.87. The molecule has 2 amide bonds. The summed E-state index contributed by atoms with van der Waals surface area (Å²) >= 11 is 0. The molecular weight excluding hydrogens is 318 g/mol. The van der Waals surface area contributed by atoms with Crippen molar-refractivity contribution < 1.29 is 14.3 Å². The average Bonchev–Trinajstić information content (AvgIpc) is 2.99. The minimum absolute atomic E-state index is 0.0795. The van der Waals surface area contributed by atoms with Gasteiger partial charge in [0.05, 0.1) is 18.2 Å². The molecule has 6 heteroatoms. The Bertz CT molecular complexity index is 774. The number of ether oxygens (including phenoxy) is 1. The topological polar surface area (TPSA) is 71.5 Å². The fourth-order valence-electron chi connectivity index (χ4n) is 2.84. The van der Waals surface area contributed by atoms with Crippen molar-refractivity contribution in [3.8, 4) is 5.75 Å². The Labute approximate surface area is 146 Å². The molecule has 1 atom stereocenters. The second kappa shape index (κ2) is 7.34. The molecule has 130 valence electrons. The highest BCUT2D eigenvalue weighted by Gasteiger charge is 2.36. The summed E-state index contributed by atoms with van der Waals surface area (Å²) in [6.45, 7) is 4.68. The number of aryl methyl sites for hydroxylation is 1. The van der Waals surface area contributed by atoms with Crippen molar-refractivity contribution in [3.63, 3.8) is 0 Å². The van der Waals surface area contributed by atoms with Crippen LogP contribution in [0.3, 0.4) is 0 Å². The maximum atomic E-state index is 12.5. The maximum absolute atomic E-state index is 12.5. The van der Waals surface area contributed by atoms with E-state index >= 15 is 0 Å². The first kappa shape index (κ1) is 17.0. The zero-order valence-corrected chi connectivity index (χ0v) is 14.4. The number of amides is 2. The molecule has 1 aromatic carbocycles. The largest absolute Gasteiger partial charge is 0.492 e. The zero-order valence-electron chi connectivity index (χ0n) is 14.4. The molecule has 3 rings (SSSR count). The normalized spacial score (nSPS) is 16.8. The molecule has 2 heterocycles. The van der Waals surface area contributed by atoms with Crippen molar-refractivity contribution in [1.29, 1.82) is 0 Å². The number of para-hydroxylation sites is 2. The van der Waals surface area contributed by atoms with Gasteiger partial charge in [-0.3, -0.25) is 9.59 Å². The fraction of sp³-hybridized carbons (Fsp3) is 0.316. The molecule has 1 aromatic heterocycles. The molecule has 0 unspecified atom stereocenters. The highest BCUT2D eigenvalue weighted by atomic mass is 16.5. The van der Waals surface area contributed by atoms with Crippen molar-refractivity contribution >= 4 is 23.3 Å². The number of aromatic nitrogens is 1. The summed E-state index contributed by atoms with van der Waals surface area (Å²) in [7, 11) is 0. The lowest BCUT2D eigenvalue weighted by molar-refractivity contribution is -0.122. The van der Waals surface area contributed by atoms with Gasteiger partial charge in [0.2, 0.25) is 11.8 Å². The lowest BCUT2D eigenvalue weighted by atomic mass is 10.1. The van der Waals surface area contributed by atoms with Crippen LogP contribution in [0.25, 0.3) is 0 Å². The lowest BCUT2D eigenvalue weighted by Crippen LogP contribution is -2.28. The van der Waals surface area contributed by atoms with Gasteiger partial charge in [-0.25, -0.2) is 4.98 Å². The van der Waals surface area contributed by atoms with E-state index in [1.165, 1.54) is 0 Å². The van der Waals surface area contributed by atoms with Crippen molar-refractivity contribution in [2.45, 2.75) is 20.3 Å². The second-order valence-corrected chi connectivity index (χ2v) is 6.02. The molecule has 1 N–H and O–H groups in total. The summed E-state index contributed by atoms with van der Waals surface area (Å²) < 4.78 is 5.60. The van der Waals surface area contributed by atoms with Crippen LogP contribution in [-0.4, -0.2) is 29.9 Å². The van der Waals surface area contributed by atoms with Crippen molar-refractivity contribution in [1.82, 2.24) is 4.98 Å². The third kappa shape index (κ3) is 3.79. The summed E-state index contributed by atoms with van der Waals surface area (Å²) in [4.78, 5) is 30.7. The van der Waals surface area contributed by atoms with Crippen LogP contribution in [0.1, 0.15) is 18.9 Å². The van der Waals surface area contributed by atoms with E-state index in [0.29, 0.717) is 30.4 Å². The zero-order chi connectivity index (χ0) is 17.8. The highest BCUT2D eigenvalue weighted by molar-refractivity contribution is 6.03. The molecule has 0 radical (unpaired) electrons. The van der Waals surface area contributed by atoms with Crippen LogP contribution < -0.4 is 15.0 Å². The van der Waals surface area contributed by atoms with E-state index in [1.807, 2.05) is 44.2 Å². The quantitative estimate of drug-likeness (QED) is 0.909. The Balaban J connectivity index is 1.72. The Morgan fingerprint density at radius 1 is 1.32 bits per heavy atom. The molecule has 25 heavy (non-hydrogen) atoms. The number of anilines is 2. The summed E-state index contributed by atoms with van der Waals surface area (Å²) in [6, 6.07) is 11.0. The Hall–Kier alpha value is -2.89. The second-order valence-electron chi connectivity index (χ2n) is 6.02. The van der Waals surface area contributed by atoms with Crippen molar-refractivity contribution in [2.75, 3.05) is 23.4 Å². The Morgan fingerprint density at radius 3 is 2.84 bits per heavy atom. The monoisotopic (exact) mass is 339 g/mol. The van der Waals surface area contributed by atoms with E-state index in [9.17, 15) is 9.59 Å². The van der Waals surface area contributed by atoms with E-state index in [1.54, 1.807) is 17.2 Å². The minimum atomic E-state index is -0.412. The third-order valence-electron chi connectivity index (χ3n) is 4.11. The first-order valence-electron chi connectivity index (χ1n) is 8.34. The standard InChI is InChI=1S/C19H21N3O3/c1-3-25-16-7-5-4-6-15(16)22-12-14(10-18(22)23)19(24)21-17-9-8-13(2)11-20-17/h4-9,11,14H,3,10,12H2,1-2H3,(H,20,21,24)/t14-/m1/s1. The number of pyridine rings is 1. The van der Waals surface area contributed by atoms with E-state index < -0.39 is 5.92 Å². The van der Waals surface area contributed by atoms with Gasteiger partial charge in [-0.2, -0.15) is 0 Å². The number of nitrogens with zero attached hydrogens (tertiary/aromatic N) is 2. The highest BCUT2D eigenvalue weighted by Crippen LogP contribution is 2.33. The van der Waals surface area contributed by atoms with Crippen LogP contribution in [0, 0.1) is 12.8 Å². The van der Waals surface area contributed by atoms with Gasteiger partial charge in [0.25, 0.3) is 0 Å². The van der Waals surface area contributed by atoms with Gasteiger partial charge in [-0.1, -0.05) is 18.2 Å². The van der Waals surface area contributed by atoms with Crippen molar-refractivity contribution in [3.05, 3.63) is 48.2 Å². The van der Waals surface area contributed by atoms with Gasteiger partial charge in [0.15, 0.2) is 0 Å². The lowest BCUT2D eigenvalue weighted by Gasteiger charge is -2.20. The van der Waals surface area contributed by atoms with Crippen LogP contribution in [0.2, 0.25) is 0 Å².